The number of amides is 1. The van der Waals surface area contributed by atoms with E-state index in [9.17, 15) is 9.90 Å². The number of aliphatic hydroxyl groups excluding tert-OH is 1. The fraction of sp³-hybridized carbons (Fsp3) is 0.400. The van der Waals surface area contributed by atoms with Gasteiger partial charge in [0.1, 0.15) is 0 Å². The normalized spacial score (nSPS) is 17.2. The van der Waals surface area contributed by atoms with Gasteiger partial charge >= 0.3 is 0 Å². The highest BCUT2D eigenvalue weighted by atomic mass is 16.3. The van der Waals surface area contributed by atoms with Crippen LogP contribution in [0.25, 0.3) is 0 Å². The number of carbonyl (C=O) groups is 1. The Bertz CT molecular complexity index is 670. The fourth-order valence-electron chi connectivity index (χ4n) is 3.36. The van der Waals surface area contributed by atoms with Crippen molar-refractivity contribution in [2.24, 2.45) is 0 Å². The molecule has 0 bridgehead atoms. The Morgan fingerprint density at radius 3 is 2.48 bits per heavy atom. The number of likely N-dealkylation sites (tertiary alicyclic amines) is 1. The first-order valence-corrected chi connectivity index (χ1v) is 8.76. The van der Waals surface area contributed by atoms with Crippen molar-refractivity contribution in [3.8, 4) is 0 Å². The van der Waals surface area contributed by atoms with Crippen LogP contribution in [-0.2, 0) is 11.3 Å². The molecule has 1 amide bonds. The van der Waals surface area contributed by atoms with E-state index in [2.05, 4.69) is 9.88 Å². The minimum Gasteiger partial charge on any atom is -0.378 e. The average molecular weight is 339 g/mol. The van der Waals surface area contributed by atoms with E-state index < -0.39 is 6.10 Å². The van der Waals surface area contributed by atoms with Crippen molar-refractivity contribution in [1.29, 1.82) is 0 Å². The number of aromatic nitrogens is 1. The molecular weight excluding hydrogens is 314 g/mol. The van der Waals surface area contributed by atoms with Crippen LogP contribution in [0, 0.1) is 0 Å². The van der Waals surface area contributed by atoms with Gasteiger partial charge in [-0.15, -0.1) is 0 Å². The van der Waals surface area contributed by atoms with Crippen LogP contribution in [0.5, 0.6) is 0 Å². The van der Waals surface area contributed by atoms with Gasteiger partial charge in [-0.25, -0.2) is 0 Å². The van der Waals surface area contributed by atoms with Crippen molar-refractivity contribution in [3.63, 3.8) is 0 Å². The zero-order chi connectivity index (χ0) is 17.6. The summed E-state index contributed by atoms with van der Waals surface area (Å²) in [5.41, 5.74) is 1.91. The molecule has 3 rings (SSSR count). The Kier molecular flexibility index (Phi) is 5.79. The second-order valence-corrected chi connectivity index (χ2v) is 6.63. The van der Waals surface area contributed by atoms with Gasteiger partial charge in [-0.2, -0.15) is 0 Å². The topological polar surface area (TPSA) is 56.7 Å². The molecular formula is C20H25N3O2. The fourth-order valence-corrected chi connectivity index (χ4v) is 3.36. The quantitative estimate of drug-likeness (QED) is 0.908. The first-order chi connectivity index (χ1) is 12.1. The Labute approximate surface area is 148 Å². The zero-order valence-electron chi connectivity index (χ0n) is 14.6. The first kappa shape index (κ1) is 17.6. The lowest BCUT2D eigenvalue weighted by molar-refractivity contribution is -0.142. The van der Waals surface area contributed by atoms with E-state index in [-0.39, 0.29) is 11.9 Å². The number of rotatable bonds is 5. The van der Waals surface area contributed by atoms with Crippen LogP contribution in [0.15, 0.2) is 54.9 Å². The van der Waals surface area contributed by atoms with Gasteiger partial charge in [-0.1, -0.05) is 30.3 Å². The monoisotopic (exact) mass is 339 g/mol. The summed E-state index contributed by atoms with van der Waals surface area (Å²) in [4.78, 5) is 20.7. The second kappa shape index (κ2) is 8.23. The highest BCUT2D eigenvalue weighted by Crippen LogP contribution is 2.21. The number of nitrogens with zero attached hydrogens (tertiary/aromatic N) is 3. The van der Waals surface area contributed by atoms with E-state index in [0.29, 0.717) is 5.56 Å². The van der Waals surface area contributed by atoms with Gasteiger partial charge in [-0.3, -0.25) is 14.7 Å². The number of hydrogen-bond acceptors (Lipinski definition) is 4. The van der Waals surface area contributed by atoms with Gasteiger partial charge in [0.15, 0.2) is 6.10 Å². The Hall–Kier alpha value is -2.24. The minimum atomic E-state index is -1.08. The van der Waals surface area contributed by atoms with Crippen LogP contribution >= 0.6 is 0 Å². The molecule has 0 spiro atoms. The molecule has 5 heteroatoms. The van der Waals surface area contributed by atoms with E-state index in [1.165, 1.54) is 5.56 Å². The molecule has 0 aliphatic carbocycles. The summed E-state index contributed by atoms with van der Waals surface area (Å²) < 4.78 is 0. The van der Waals surface area contributed by atoms with E-state index in [4.69, 9.17) is 0 Å². The lowest BCUT2D eigenvalue weighted by Crippen LogP contribution is -2.46. The van der Waals surface area contributed by atoms with Crippen LogP contribution in [0.2, 0.25) is 0 Å². The predicted molar refractivity (Wildman–Crippen MR) is 96.7 cm³/mol. The second-order valence-electron chi connectivity index (χ2n) is 6.63. The van der Waals surface area contributed by atoms with Crippen molar-refractivity contribution in [2.75, 3.05) is 20.1 Å². The third-order valence-electron chi connectivity index (χ3n) is 4.96. The molecule has 1 aromatic carbocycles. The predicted octanol–water partition coefficient (Wildman–Crippen LogP) is 2.24. The molecule has 0 saturated carbocycles. The molecule has 1 unspecified atom stereocenters. The van der Waals surface area contributed by atoms with E-state index in [1.807, 2.05) is 42.7 Å². The smallest absolute Gasteiger partial charge is 0.256 e. The number of benzene rings is 1. The molecule has 2 aromatic rings. The molecule has 5 nitrogen and oxygen atoms in total. The minimum absolute atomic E-state index is 0.180. The molecule has 1 aliphatic rings. The summed E-state index contributed by atoms with van der Waals surface area (Å²) in [5, 5.41) is 10.3. The largest absolute Gasteiger partial charge is 0.378 e. The number of pyridine rings is 1. The van der Waals surface area contributed by atoms with Crippen LogP contribution in [-0.4, -0.2) is 52.0 Å². The molecule has 1 aromatic heterocycles. The molecule has 1 fully saturated rings. The lowest BCUT2D eigenvalue weighted by atomic mass is 10.0. The summed E-state index contributed by atoms with van der Waals surface area (Å²) in [7, 11) is 1.80. The maximum absolute atomic E-state index is 12.6. The van der Waals surface area contributed by atoms with Crippen LogP contribution in [0.1, 0.15) is 30.1 Å². The van der Waals surface area contributed by atoms with Crippen molar-refractivity contribution >= 4 is 5.91 Å². The van der Waals surface area contributed by atoms with Gasteiger partial charge in [0, 0.05) is 45.1 Å². The summed E-state index contributed by atoms with van der Waals surface area (Å²) in [6.07, 6.45) is 4.41. The van der Waals surface area contributed by atoms with Crippen LogP contribution < -0.4 is 0 Å². The average Bonchev–Trinajstić information content (AvgIpc) is 2.68. The van der Waals surface area contributed by atoms with Gasteiger partial charge in [0.2, 0.25) is 0 Å². The van der Waals surface area contributed by atoms with E-state index in [0.717, 1.165) is 32.5 Å². The summed E-state index contributed by atoms with van der Waals surface area (Å²) in [5.74, 6) is -0.223. The third-order valence-corrected chi connectivity index (χ3v) is 4.96. The van der Waals surface area contributed by atoms with Gasteiger partial charge in [0.05, 0.1) is 0 Å². The number of piperidine rings is 1. The Morgan fingerprint density at radius 1 is 1.20 bits per heavy atom. The van der Waals surface area contributed by atoms with E-state index >= 15 is 0 Å². The summed E-state index contributed by atoms with van der Waals surface area (Å²) >= 11 is 0. The number of carbonyl (C=O) groups excluding carboxylic acids is 1. The maximum atomic E-state index is 12.6. The zero-order valence-corrected chi connectivity index (χ0v) is 14.6. The van der Waals surface area contributed by atoms with Gasteiger partial charge in [-0.05, 0) is 36.1 Å². The van der Waals surface area contributed by atoms with Crippen LogP contribution in [0.3, 0.4) is 0 Å². The number of likely N-dealkylation sites (N-methyl/N-ethyl adjacent to an activating group) is 1. The third kappa shape index (κ3) is 4.44. The molecule has 132 valence electrons. The van der Waals surface area contributed by atoms with Gasteiger partial charge < -0.3 is 10.0 Å². The molecule has 1 N–H and O–H groups in total. The van der Waals surface area contributed by atoms with Crippen LogP contribution in [0.4, 0.5) is 0 Å². The lowest BCUT2D eigenvalue weighted by Gasteiger charge is -2.37. The molecule has 25 heavy (non-hydrogen) atoms. The van der Waals surface area contributed by atoms with Crippen molar-refractivity contribution in [3.05, 3.63) is 66.0 Å². The maximum Gasteiger partial charge on any atom is 0.256 e. The highest BCUT2D eigenvalue weighted by molar-refractivity contribution is 5.82. The number of hydrogen-bond donors (Lipinski definition) is 1. The SMILES string of the molecule is CN(C(=O)C(O)c1ccccc1)C1CCN(Cc2ccncc2)CC1. The highest BCUT2D eigenvalue weighted by Gasteiger charge is 2.29. The first-order valence-electron chi connectivity index (χ1n) is 8.76. The van der Waals surface area contributed by atoms with E-state index in [1.54, 1.807) is 24.1 Å². The summed E-state index contributed by atoms with van der Waals surface area (Å²) in [6.45, 7) is 2.82. The molecule has 1 aliphatic heterocycles. The molecule has 1 saturated heterocycles. The van der Waals surface area contributed by atoms with Crippen molar-refractivity contribution < 1.29 is 9.90 Å². The standard InChI is InChI=1S/C20H25N3O2/c1-22(20(25)19(24)17-5-3-2-4-6-17)18-9-13-23(14-10-18)15-16-7-11-21-12-8-16/h2-8,11-12,18-19,24H,9-10,13-15H2,1H3. The van der Waals surface area contributed by atoms with Crippen molar-refractivity contribution in [1.82, 2.24) is 14.8 Å². The summed E-state index contributed by atoms with van der Waals surface area (Å²) in [6, 6.07) is 13.4. The Balaban J connectivity index is 1.52. The number of aliphatic hydroxyl groups is 1. The molecule has 2 heterocycles. The molecule has 1 atom stereocenters. The molecule has 0 radical (unpaired) electrons. The van der Waals surface area contributed by atoms with Gasteiger partial charge in [0.25, 0.3) is 5.91 Å². The van der Waals surface area contributed by atoms with Crippen molar-refractivity contribution in [2.45, 2.75) is 31.5 Å². The Morgan fingerprint density at radius 2 is 1.84 bits per heavy atom.